The van der Waals surface area contributed by atoms with Gasteiger partial charge in [-0.05, 0) is 48.9 Å². The number of anilines is 1. The second-order valence-electron chi connectivity index (χ2n) is 7.12. The van der Waals surface area contributed by atoms with Crippen LogP contribution in [0.1, 0.15) is 6.92 Å². The molecule has 0 fully saturated rings. The number of nitro groups is 1. The van der Waals surface area contributed by atoms with E-state index in [1.54, 1.807) is 55.9 Å². The lowest BCUT2D eigenvalue weighted by Crippen LogP contribution is -2.25. The molecule has 4 aromatic rings. The fourth-order valence-corrected chi connectivity index (χ4v) is 3.46. The van der Waals surface area contributed by atoms with Crippen LogP contribution in [-0.2, 0) is 0 Å². The monoisotopic (exact) mass is 443 g/mol. The van der Waals surface area contributed by atoms with Crippen molar-refractivity contribution in [2.45, 2.75) is 6.92 Å². The summed E-state index contributed by atoms with van der Waals surface area (Å²) < 4.78 is 6.38. The quantitative estimate of drug-likeness (QED) is 0.334. The first kappa shape index (κ1) is 21.7. The van der Waals surface area contributed by atoms with E-state index in [1.807, 2.05) is 25.1 Å². The van der Waals surface area contributed by atoms with E-state index >= 15 is 0 Å². The van der Waals surface area contributed by atoms with Gasteiger partial charge in [-0.15, -0.1) is 0 Å². The average Bonchev–Trinajstić information content (AvgIpc) is 2.85. The summed E-state index contributed by atoms with van der Waals surface area (Å²) in [7, 11) is 1.56. The Labute approximate surface area is 189 Å². The number of nitrogens with one attached hydrogen (secondary N) is 1. The number of rotatable bonds is 7. The third-order valence-electron chi connectivity index (χ3n) is 5.04. The molecule has 2 aromatic carbocycles. The Morgan fingerprint density at radius 1 is 1.06 bits per heavy atom. The van der Waals surface area contributed by atoms with Crippen molar-refractivity contribution in [3.8, 4) is 33.8 Å². The van der Waals surface area contributed by atoms with Gasteiger partial charge in [-0.1, -0.05) is 18.2 Å². The molecule has 9 heteroatoms. The van der Waals surface area contributed by atoms with Crippen LogP contribution in [-0.4, -0.2) is 33.3 Å². The van der Waals surface area contributed by atoms with Gasteiger partial charge in [0.15, 0.2) is 0 Å². The number of aromatic nitrogens is 3. The highest BCUT2D eigenvalue weighted by Gasteiger charge is 2.21. The third-order valence-corrected chi connectivity index (χ3v) is 5.04. The number of nitro benzene ring substituents is 1. The molecule has 1 N–H and O–H groups in total. The SMILES string of the molecule is CCNc1cc(-c2cccc(OC)c2)nn(-c2cc(-c3cccnc3)ccc2[N+](=O)[O-])c1=O. The minimum absolute atomic E-state index is 0.0650. The maximum atomic E-state index is 13.3. The molecule has 0 saturated heterocycles. The normalized spacial score (nSPS) is 10.6. The molecule has 0 spiro atoms. The van der Waals surface area contributed by atoms with E-state index in [9.17, 15) is 14.9 Å². The maximum Gasteiger partial charge on any atom is 0.295 e. The van der Waals surface area contributed by atoms with Crippen LogP contribution in [0.25, 0.3) is 28.1 Å². The van der Waals surface area contributed by atoms with Crippen molar-refractivity contribution in [1.29, 1.82) is 0 Å². The molecule has 2 aromatic heterocycles. The number of ether oxygens (including phenoxy) is 1. The van der Waals surface area contributed by atoms with Gasteiger partial charge in [-0.25, -0.2) is 0 Å². The van der Waals surface area contributed by atoms with Gasteiger partial charge < -0.3 is 10.1 Å². The molecule has 9 nitrogen and oxygen atoms in total. The van der Waals surface area contributed by atoms with Crippen molar-refractivity contribution < 1.29 is 9.66 Å². The molecule has 0 aliphatic rings. The van der Waals surface area contributed by atoms with Crippen LogP contribution in [0.4, 0.5) is 11.4 Å². The molecule has 33 heavy (non-hydrogen) atoms. The largest absolute Gasteiger partial charge is 0.497 e. The first-order valence-electron chi connectivity index (χ1n) is 10.2. The Hall–Kier alpha value is -4.53. The summed E-state index contributed by atoms with van der Waals surface area (Å²) in [5, 5.41) is 19.4. The summed E-state index contributed by atoms with van der Waals surface area (Å²) in [6.07, 6.45) is 3.29. The molecule has 0 unspecified atom stereocenters. The van der Waals surface area contributed by atoms with Gasteiger partial charge >= 0.3 is 0 Å². The second kappa shape index (κ2) is 9.31. The zero-order valence-corrected chi connectivity index (χ0v) is 18.1. The Kier molecular flexibility index (Phi) is 6.12. The zero-order valence-electron chi connectivity index (χ0n) is 18.1. The van der Waals surface area contributed by atoms with Crippen LogP contribution in [0, 0.1) is 10.1 Å². The van der Waals surface area contributed by atoms with Crippen LogP contribution in [0.3, 0.4) is 0 Å². The van der Waals surface area contributed by atoms with Crippen LogP contribution >= 0.6 is 0 Å². The smallest absolute Gasteiger partial charge is 0.295 e. The highest BCUT2D eigenvalue weighted by molar-refractivity contribution is 5.71. The first-order chi connectivity index (χ1) is 16.0. The fraction of sp³-hybridized carbons (Fsp3) is 0.125. The van der Waals surface area contributed by atoms with Gasteiger partial charge in [-0.2, -0.15) is 9.78 Å². The molecule has 4 rings (SSSR count). The topological polar surface area (TPSA) is 112 Å². The van der Waals surface area contributed by atoms with Gasteiger partial charge in [0, 0.05) is 36.1 Å². The lowest BCUT2D eigenvalue weighted by atomic mass is 10.1. The van der Waals surface area contributed by atoms with Crippen LogP contribution in [0.15, 0.2) is 77.9 Å². The second-order valence-corrected chi connectivity index (χ2v) is 7.12. The molecule has 0 bridgehead atoms. The van der Waals surface area contributed by atoms with Crippen LogP contribution < -0.4 is 15.6 Å². The zero-order chi connectivity index (χ0) is 23.4. The fourth-order valence-electron chi connectivity index (χ4n) is 3.46. The molecular weight excluding hydrogens is 422 g/mol. The van der Waals surface area contributed by atoms with E-state index in [0.29, 0.717) is 29.1 Å². The molecule has 0 saturated carbocycles. The maximum absolute atomic E-state index is 13.3. The van der Waals surface area contributed by atoms with Gasteiger partial charge in [0.1, 0.15) is 17.1 Å². The van der Waals surface area contributed by atoms with Crippen molar-refractivity contribution in [2.24, 2.45) is 0 Å². The van der Waals surface area contributed by atoms with Crippen LogP contribution in [0.5, 0.6) is 5.75 Å². The van der Waals surface area contributed by atoms with E-state index in [4.69, 9.17) is 4.74 Å². The average molecular weight is 443 g/mol. The number of pyridine rings is 1. The third kappa shape index (κ3) is 4.42. The molecule has 0 amide bonds. The highest BCUT2D eigenvalue weighted by atomic mass is 16.6. The van der Waals surface area contributed by atoms with E-state index in [1.165, 1.54) is 6.07 Å². The summed E-state index contributed by atoms with van der Waals surface area (Å²) in [5.41, 5.74) is 2.23. The number of hydrogen-bond acceptors (Lipinski definition) is 7. The summed E-state index contributed by atoms with van der Waals surface area (Å²) in [6, 6.07) is 17.0. The van der Waals surface area contributed by atoms with E-state index < -0.39 is 10.5 Å². The molecule has 0 aliphatic heterocycles. The van der Waals surface area contributed by atoms with Gasteiger partial charge in [-0.3, -0.25) is 19.9 Å². The van der Waals surface area contributed by atoms with Gasteiger partial charge in [0.2, 0.25) is 0 Å². The van der Waals surface area contributed by atoms with Crippen molar-refractivity contribution in [3.63, 3.8) is 0 Å². The minimum Gasteiger partial charge on any atom is -0.497 e. The lowest BCUT2D eigenvalue weighted by molar-refractivity contribution is -0.384. The summed E-state index contributed by atoms with van der Waals surface area (Å²) in [4.78, 5) is 28.7. The molecular formula is C24H21N5O4. The van der Waals surface area contributed by atoms with E-state index in [-0.39, 0.29) is 17.1 Å². The van der Waals surface area contributed by atoms with E-state index in [2.05, 4.69) is 15.4 Å². The molecule has 0 atom stereocenters. The highest BCUT2D eigenvalue weighted by Crippen LogP contribution is 2.30. The Balaban J connectivity index is 1.98. The van der Waals surface area contributed by atoms with Crippen molar-refractivity contribution >= 4 is 11.4 Å². The summed E-state index contributed by atoms with van der Waals surface area (Å²) >= 11 is 0. The Morgan fingerprint density at radius 2 is 1.88 bits per heavy atom. The Morgan fingerprint density at radius 3 is 2.58 bits per heavy atom. The van der Waals surface area contributed by atoms with Crippen molar-refractivity contribution in [3.05, 3.63) is 93.5 Å². The number of hydrogen-bond donors (Lipinski definition) is 1. The van der Waals surface area contributed by atoms with E-state index in [0.717, 1.165) is 10.2 Å². The van der Waals surface area contributed by atoms with Crippen LogP contribution in [0.2, 0.25) is 0 Å². The first-order valence-corrected chi connectivity index (χ1v) is 10.2. The van der Waals surface area contributed by atoms with Crippen molar-refractivity contribution in [2.75, 3.05) is 19.0 Å². The predicted octanol–water partition coefficient (Wildman–Crippen LogP) is 4.31. The predicted molar refractivity (Wildman–Crippen MR) is 126 cm³/mol. The number of methoxy groups -OCH3 is 1. The minimum atomic E-state index is -0.526. The standard InChI is InChI=1S/C24H21N5O4/c1-3-26-21-14-20(17-6-4-8-19(12-17)33-2)27-28(24(21)30)23-13-16(9-10-22(23)29(31)32)18-7-5-11-25-15-18/h4-15,26H,3H2,1-2H3. The molecule has 0 aliphatic carbocycles. The lowest BCUT2D eigenvalue weighted by Gasteiger charge is -2.13. The summed E-state index contributed by atoms with van der Waals surface area (Å²) in [5.74, 6) is 0.626. The number of nitrogens with zero attached hydrogens (tertiary/aromatic N) is 4. The number of benzene rings is 2. The summed E-state index contributed by atoms with van der Waals surface area (Å²) in [6.45, 7) is 2.36. The van der Waals surface area contributed by atoms with Crippen molar-refractivity contribution in [1.82, 2.24) is 14.8 Å². The van der Waals surface area contributed by atoms with Gasteiger partial charge in [0.25, 0.3) is 11.2 Å². The molecule has 2 heterocycles. The molecule has 166 valence electrons. The van der Waals surface area contributed by atoms with Gasteiger partial charge in [0.05, 0.1) is 17.7 Å². The molecule has 0 radical (unpaired) electrons. The Bertz CT molecular complexity index is 1370.